The van der Waals surface area contributed by atoms with Gasteiger partial charge in [-0.2, -0.15) is 0 Å². The molecule has 2 heterocycles. The molecule has 5 nitrogen and oxygen atoms in total. The van der Waals surface area contributed by atoms with Gasteiger partial charge in [0.25, 0.3) is 0 Å². The molecule has 148 valence electrons. The molecular weight excluding hydrogens is 384 g/mol. The number of carbonyl (C=O) groups is 1. The third-order valence-electron chi connectivity index (χ3n) is 5.63. The van der Waals surface area contributed by atoms with Crippen molar-refractivity contribution in [3.8, 4) is 11.5 Å². The number of rotatable bonds is 5. The lowest BCUT2D eigenvalue weighted by Gasteiger charge is -2.30. The molecule has 0 saturated heterocycles. The van der Waals surface area contributed by atoms with Crippen LogP contribution in [0, 0.1) is 5.92 Å². The Kier molecular flexibility index (Phi) is 4.94. The number of aryl methyl sites for hydroxylation is 1. The maximum Gasteiger partial charge on any atom is 0.231 e. The van der Waals surface area contributed by atoms with E-state index in [0.29, 0.717) is 13.1 Å². The summed E-state index contributed by atoms with van der Waals surface area (Å²) in [5, 5.41) is 2.91. The summed E-state index contributed by atoms with van der Waals surface area (Å²) >= 11 is 1.58. The summed E-state index contributed by atoms with van der Waals surface area (Å²) in [5.41, 5.74) is 3.71. The molecule has 0 spiro atoms. The van der Waals surface area contributed by atoms with Crippen LogP contribution in [0.15, 0.2) is 54.0 Å². The normalized spacial score (nSPS) is 17.0. The summed E-state index contributed by atoms with van der Waals surface area (Å²) in [6.45, 7) is 1.32. The molecule has 1 aromatic heterocycles. The van der Waals surface area contributed by atoms with Crippen LogP contribution in [-0.2, 0) is 30.7 Å². The van der Waals surface area contributed by atoms with Gasteiger partial charge in [0.1, 0.15) is 5.01 Å². The molecule has 5 rings (SSSR count). The number of hydrogen-bond acceptors (Lipinski definition) is 5. The maximum absolute atomic E-state index is 13.5. The largest absolute Gasteiger partial charge is 0.454 e. The van der Waals surface area contributed by atoms with E-state index in [0.717, 1.165) is 41.3 Å². The van der Waals surface area contributed by atoms with E-state index in [1.54, 1.807) is 17.5 Å². The van der Waals surface area contributed by atoms with Crippen molar-refractivity contribution in [1.29, 1.82) is 0 Å². The number of fused-ring (bicyclic) bond motifs is 2. The molecule has 1 aliphatic heterocycles. The monoisotopic (exact) mass is 406 g/mol. The maximum atomic E-state index is 13.5. The lowest BCUT2D eigenvalue weighted by molar-refractivity contribution is -0.137. The molecule has 0 N–H and O–H groups in total. The SMILES string of the molecule is O=C([C@@H]1CCc2ccccc2C1)N(Cc1ccc2c(c1)OCO2)Cc1nccs1. The van der Waals surface area contributed by atoms with Crippen LogP contribution in [0.4, 0.5) is 0 Å². The molecule has 1 aliphatic carbocycles. The van der Waals surface area contributed by atoms with Gasteiger partial charge in [-0.25, -0.2) is 4.98 Å². The van der Waals surface area contributed by atoms with Crippen LogP contribution in [0.2, 0.25) is 0 Å². The van der Waals surface area contributed by atoms with Crippen LogP contribution in [0.5, 0.6) is 11.5 Å². The van der Waals surface area contributed by atoms with Gasteiger partial charge in [0.15, 0.2) is 11.5 Å². The van der Waals surface area contributed by atoms with Gasteiger partial charge < -0.3 is 14.4 Å². The molecule has 29 heavy (non-hydrogen) atoms. The van der Waals surface area contributed by atoms with Gasteiger partial charge in [-0.3, -0.25) is 4.79 Å². The second-order valence-electron chi connectivity index (χ2n) is 7.52. The van der Waals surface area contributed by atoms with E-state index in [9.17, 15) is 4.79 Å². The molecule has 3 aromatic rings. The highest BCUT2D eigenvalue weighted by atomic mass is 32.1. The number of ether oxygens (including phenoxy) is 2. The fourth-order valence-electron chi connectivity index (χ4n) is 4.13. The van der Waals surface area contributed by atoms with Gasteiger partial charge >= 0.3 is 0 Å². The quantitative estimate of drug-likeness (QED) is 0.637. The first-order chi connectivity index (χ1) is 14.3. The van der Waals surface area contributed by atoms with Crippen LogP contribution in [0.25, 0.3) is 0 Å². The van der Waals surface area contributed by atoms with Gasteiger partial charge in [-0.15, -0.1) is 11.3 Å². The Labute approximate surface area is 173 Å². The van der Waals surface area contributed by atoms with Crippen molar-refractivity contribution in [2.75, 3.05) is 6.79 Å². The van der Waals surface area contributed by atoms with E-state index in [1.807, 2.05) is 28.5 Å². The number of benzene rings is 2. The lowest BCUT2D eigenvalue weighted by atomic mass is 9.83. The van der Waals surface area contributed by atoms with Crippen LogP contribution < -0.4 is 9.47 Å². The average molecular weight is 407 g/mol. The Morgan fingerprint density at radius 1 is 1.10 bits per heavy atom. The Bertz CT molecular complexity index is 1020. The van der Waals surface area contributed by atoms with E-state index < -0.39 is 0 Å². The van der Waals surface area contributed by atoms with Crippen LogP contribution in [0.1, 0.15) is 28.1 Å². The molecule has 0 fully saturated rings. The zero-order valence-electron chi connectivity index (χ0n) is 16.0. The molecule has 0 unspecified atom stereocenters. The minimum atomic E-state index is 0.0128. The zero-order valence-corrected chi connectivity index (χ0v) is 16.9. The van der Waals surface area contributed by atoms with Gasteiger partial charge in [0.05, 0.1) is 6.54 Å². The number of carbonyl (C=O) groups excluding carboxylic acids is 1. The van der Waals surface area contributed by atoms with Crippen molar-refractivity contribution in [2.45, 2.75) is 32.4 Å². The van der Waals surface area contributed by atoms with Crippen molar-refractivity contribution < 1.29 is 14.3 Å². The number of aromatic nitrogens is 1. The summed E-state index contributed by atoms with van der Waals surface area (Å²) in [6.07, 6.45) is 4.46. The highest BCUT2D eigenvalue weighted by molar-refractivity contribution is 7.09. The Balaban J connectivity index is 1.37. The summed E-state index contributed by atoms with van der Waals surface area (Å²) in [5.74, 6) is 1.72. The third-order valence-corrected chi connectivity index (χ3v) is 6.39. The van der Waals surface area contributed by atoms with E-state index in [2.05, 4.69) is 29.2 Å². The summed E-state index contributed by atoms with van der Waals surface area (Å²) < 4.78 is 10.9. The van der Waals surface area contributed by atoms with Crippen molar-refractivity contribution >= 4 is 17.2 Å². The molecule has 2 aliphatic rings. The van der Waals surface area contributed by atoms with Crippen LogP contribution in [-0.4, -0.2) is 22.6 Å². The van der Waals surface area contributed by atoms with Crippen LogP contribution >= 0.6 is 11.3 Å². The Morgan fingerprint density at radius 2 is 1.97 bits per heavy atom. The fourth-order valence-corrected chi connectivity index (χ4v) is 4.76. The molecule has 1 atom stereocenters. The Hall–Kier alpha value is -2.86. The first-order valence-corrected chi connectivity index (χ1v) is 10.8. The van der Waals surface area contributed by atoms with Gasteiger partial charge in [-0.05, 0) is 48.1 Å². The molecule has 0 radical (unpaired) electrons. The highest BCUT2D eigenvalue weighted by Gasteiger charge is 2.29. The third kappa shape index (κ3) is 3.85. The van der Waals surface area contributed by atoms with E-state index in [4.69, 9.17) is 9.47 Å². The second-order valence-corrected chi connectivity index (χ2v) is 8.50. The molecule has 1 amide bonds. The minimum absolute atomic E-state index is 0.0128. The number of nitrogens with zero attached hydrogens (tertiary/aromatic N) is 2. The predicted molar refractivity (Wildman–Crippen MR) is 111 cm³/mol. The molecular formula is C23H22N2O3S. The fraction of sp³-hybridized carbons (Fsp3) is 0.304. The first-order valence-electron chi connectivity index (χ1n) is 9.89. The molecule has 0 bridgehead atoms. The smallest absolute Gasteiger partial charge is 0.231 e. The van der Waals surface area contributed by atoms with Gasteiger partial charge in [0.2, 0.25) is 12.7 Å². The van der Waals surface area contributed by atoms with Gasteiger partial charge in [-0.1, -0.05) is 30.3 Å². The number of thiazole rings is 1. The molecule has 0 saturated carbocycles. The van der Waals surface area contributed by atoms with Gasteiger partial charge in [0, 0.05) is 24.0 Å². The summed E-state index contributed by atoms with van der Waals surface area (Å²) in [7, 11) is 0. The summed E-state index contributed by atoms with van der Waals surface area (Å²) in [6, 6.07) is 14.4. The standard InChI is InChI=1S/C23H22N2O3S/c26-23(19-7-6-17-3-1-2-4-18(17)12-19)25(14-22-24-9-10-29-22)13-16-5-8-20-21(11-16)28-15-27-20/h1-5,8-11,19H,6-7,12-15H2/t19-/m1/s1. The topological polar surface area (TPSA) is 51.7 Å². The number of amides is 1. The first kappa shape index (κ1) is 18.2. The van der Waals surface area contributed by atoms with Crippen molar-refractivity contribution in [3.05, 3.63) is 75.7 Å². The summed E-state index contributed by atoms with van der Waals surface area (Å²) in [4.78, 5) is 19.9. The predicted octanol–water partition coefficient (Wildman–Crippen LogP) is 4.21. The Morgan fingerprint density at radius 3 is 2.83 bits per heavy atom. The minimum Gasteiger partial charge on any atom is -0.454 e. The van der Waals surface area contributed by atoms with Crippen molar-refractivity contribution in [1.82, 2.24) is 9.88 Å². The molecule has 6 heteroatoms. The van der Waals surface area contributed by atoms with E-state index in [-0.39, 0.29) is 18.6 Å². The van der Waals surface area contributed by atoms with Crippen molar-refractivity contribution in [3.63, 3.8) is 0 Å². The lowest BCUT2D eigenvalue weighted by Crippen LogP contribution is -2.37. The highest BCUT2D eigenvalue weighted by Crippen LogP contribution is 2.33. The van der Waals surface area contributed by atoms with E-state index in [1.165, 1.54) is 11.1 Å². The second kappa shape index (κ2) is 7.87. The number of hydrogen-bond donors (Lipinski definition) is 0. The van der Waals surface area contributed by atoms with E-state index >= 15 is 0 Å². The van der Waals surface area contributed by atoms with Crippen LogP contribution in [0.3, 0.4) is 0 Å². The van der Waals surface area contributed by atoms with Crippen molar-refractivity contribution in [2.24, 2.45) is 5.92 Å². The average Bonchev–Trinajstić information content (AvgIpc) is 3.44. The zero-order chi connectivity index (χ0) is 19.6. The molecule has 2 aromatic carbocycles.